The molecule has 0 aliphatic carbocycles. The maximum atomic E-state index is 12.1. The number of aliphatic carboxylic acids is 1. The van der Waals surface area contributed by atoms with E-state index in [1.807, 2.05) is 0 Å². The van der Waals surface area contributed by atoms with Crippen molar-refractivity contribution in [1.29, 1.82) is 0 Å². The third-order valence-corrected chi connectivity index (χ3v) is 3.43. The van der Waals surface area contributed by atoms with E-state index in [1.165, 1.54) is 9.80 Å². The fourth-order valence-electron chi connectivity index (χ4n) is 2.21. The Morgan fingerprint density at radius 1 is 1.29 bits per heavy atom. The second-order valence-corrected chi connectivity index (χ2v) is 5.01. The lowest BCUT2D eigenvalue weighted by atomic mass is 10.0. The summed E-state index contributed by atoms with van der Waals surface area (Å²) in [6, 6.07) is 5.84. The zero-order chi connectivity index (χ0) is 15.6. The Morgan fingerprint density at radius 3 is 2.62 bits per heavy atom. The smallest absolute Gasteiger partial charge is 0.320 e. The zero-order valence-electron chi connectivity index (χ0n) is 11.7. The number of likely N-dealkylation sites (N-methyl/N-ethyl adjacent to an activating group) is 1. The summed E-state index contributed by atoms with van der Waals surface area (Å²) in [7, 11) is 1.57. The number of carboxylic acids is 1. The molecule has 0 radical (unpaired) electrons. The Hall–Kier alpha value is -2.41. The summed E-state index contributed by atoms with van der Waals surface area (Å²) in [5.74, 6) is -1.47. The van der Waals surface area contributed by atoms with Crippen LogP contribution in [0.4, 0.5) is 5.69 Å². The van der Waals surface area contributed by atoms with Crippen LogP contribution in [0.5, 0.6) is 0 Å². The summed E-state index contributed by atoms with van der Waals surface area (Å²) in [4.78, 5) is 37.5. The van der Waals surface area contributed by atoms with Crippen molar-refractivity contribution in [2.24, 2.45) is 5.73 Å². The number of amides is 2. The minimum absolute atomic E-state index is 0.0121. The van der Waals surface area contributed by atoms with Crippen LogP contribution >= 0.6 is 0 Å². The molecule has 7 heteroatoms. The summed E-state index contributed by atoms with van der Waals surface area (Å²) < 4.78 is 0. The molecular weight excluding hydrogens is 274 g/mol. The molecule has 1 unspecified atom stereocenters. The Labute approximate surface area is 121 Å². The third kappa shape index (κ3) is 3.19. The molecule has 0 bridgehead atoms. The predicted octanol–water partition coefficient (Wildman–Crippen LogP) is -0.554. The fraction of sp³-hybridized carbons (Fsp3) is 0.357. The number of para-hydroxylation sites is 1. The first kappa shape index (κ1) is 15.0. The summed E-state index contributed by atoms with van der Waals surface area (Å²) in [6.07, 6.45) is 0.0965. The number of benzene rings is 1. The van der Waals surface area contributed by atoms with Gasteiger partial charge in [-0.1, -0.05) is 18.2 Å². The van der Waals surface area contributed by atoms with Crippen LogP contribution in [-0.4, -0.2) is 54.0 Å². The molecule has 0 aromatic heterocycles. The van der Waals surface area contributed by atoms with Gasteiger partial charge >= 0.3 is 5.97 Å². The number of hydrogen-bond acceptors (Lipinski definition) is 4. The molecule has 21 heavy (non-hydrogen) atoms. The lowest BCUT2D eigenvalue weighted by molar-refractivity contribution is -0.138. The highest BCUT2D eigenvalue weighted by molar-refractivity contribution is 6.04. The molecular formula is C14H17N3O4. The summed E-state index contributed by atoms with van der Waals surface area (Å²) in [6.45, 7) is -0.0349. The van der Waals surface area contributed by atoms with Crippen LogP contribution < -0.4 is 10.6 Å². The average molecular weight is 291 g/mol. The van der Waals surface area contributed by atoms with E-state index in [9.17, 15) is 14.4 Å². The molecule has 1 saturated heterocycles. The topological polar surface area (TPSA) is 104 Å². The number of piperazine rings is 1. The second kappa shape index (κ2) is 5.92. The van der Waals surface area contributed by atoms with Crippen molar-refractivity contribution in [2.45, 2.75) is 12.5 Å². The van der Waals surface area contributed by atoms with E-state index in [2.05, 4.69) is 0 Å². The van der Waals surface area contributed by atoms with Crippen molar-refractivity contribution >= 4 is 23.5 Å². The standard InChI is InChI=1S/C14H17N3O4/c1-16-7-13(19)17(8-12(16)18)11-5-3-2-4-9(11)6-10(15)14(20)21/h2-5,10H,6-8,15H2,1H3,(H,20,21). The Kier molecular flexibility index (Phi) is 4.23. The molecule has 1 aliphatic heterocycles. The molecule has 2 rings (SSSR count). The molecule has 1 aromatic carbocycles. The van der Waals surface area contributed by atoms with Crippen LogP contribution in [0.25, 0.3) is 0 Å². The average Bonchev–Trinajstić information content (AvgIpc) is 2.43. The number of carbonyl (C=O) groups excluding carboxylic acids is 2. The van der Waals surface area contributed by atoms with Gasteiger partial charge in [-0.25, -0.2) is 0 Å². The SMILES string of the molecule is CN1CC(=O)N(c2ccccc2CC(N)C(=O)O)CC1=O. The van der Waals surface area contributed by atoms with E-state index in [0.717, 1.165) is 0 Å². The summed E-state index contributed by atoms with van der Waals surface area (Å²) >= 11 is 0. The summed E-state index contributed by atoms with van der Waals surface area (Å²) in [5, 5.41) is 8.91. The minimum atomic E-state index is -1.11. The minimum Gasteiger partial charge on any atom is -0.480 e. The Bertz CT molecular complexity index is 587. The van der Waals surface area contributed by atoms with Crippen LogP contribution in [0.1, 0.15) is 5.56 Å². The molecule has 1 fully saturated rings. The Balaban J connectivity index is 2.29. The fourth-order valence-corrected chi connectivity index (χ4v) is 2.21. The van der Waals surface area contributed by atoms with Crippen LogP contribution in [0.2, 0.25) is 0 Å². The maximum Gasteiger partial charge on any atom is 0.320 e. The van der Waals surface area contributed by atoms with Gasteiger partial charge in [-0.2, -0.15) is 0 Å². The van der Waals surface area contributed by atoms with Crippen molar-refractivity contribution in [3.63, 3.8) is 0 Å². The Morgan fingerprint density at radius 2 is 1.95 bits per heavy atom. The van der Waals surface area contributed by atoms with E-state index < -0.39 is 12.0 Å². The van der Waals surface area contributed by atoms with E-state index in [-0.39, 0.29) is 31.3 Å². The number of rotatable bonds is 4. The van der Waals surface area contributed by atoms with Gasteiger partial charge < -0.3 is 20.6 Å². The lowest BCUT2D eigenvalue weighted by Crippen LogP contribution is -2.52. The predicted molar refractivity (Wildman–Crippen MR) is 75.7 cm³/mol. The van der Waals surface area contributed by atoms with Gasteiger partial charge in [0.05, 0.1) is 6.54 Å². The van der Waals surface area contributed by atoms with E-state index in [4.69, 9.17) is 10.8 Å². The molecule has 1 heterocycles. The number of nitrogens with zero attached hydrogens (tertiary/aromatic N) is 2. The van der Waals surface area contributed by atoms with Gasteiger partial charge in [0.15, 0.2) is 0 Å². The molecule has 7 nitrogen and oxygen atoms in total. The zero-order valence-corrected chi connectivity index (χ0v) is 11.7. The van der Waals surface area contributed by atoms with Gasteiger partial charge in [0.2, 0.25) is 11.8 Å². The van der Waals surface area contributed by atoms with Crippen molar-refractivity contribution in [3.05, 3.63) is 29.8 Å². The molecule has 112 valence electrons. The van der Waals surface area contributed by atoms with Crippen molar-refractivity contribution < 1.29 is 19.5 Å². The van der Waals surface area contributed by atoms with Gasteiger partial charge in [-0.05, 0) is 11.6 Å². The molecule has 0 saturated carbocycles. The highest BCUT2D eigenvalue weighted by Crippen LogP contribution is 2.23. The molecule has 2 amide bonds. The van der Waals surface area contributed by atoms with Crippen LogP contribution in [0.3, 0.4) is 0 Å². The van der Waals surface area contributed by atoms with Gasteiger partial charge in [0, 0.05) is 19.2 Å². The van der Waals surface area contributed by atoms with E-state index in [1.54, 1.807) is 31.3 Å². The monoisotopic (exact) mass is 291 g/mol. The van der Waals surface area contributed by atoms with Crippen molar-refractivity contribution in [2.75, 3.05) is 25.0 Å². The molecule has 1 atom stereocenters. The number of carbonyl (C=O) groups is 3. The van der Waals surface area contributed by atoms with Crippen LogP contribution in [0, 0.1) is 0 Å². The van der Waals surface area contributed by atoms with E-state index in [0.29, 0.717) is 11.3 Å². The molecule has 1 aliphatic rings. The highest BCUT2D eigenvalue weighted by Gasteiger charge is 2.30. The number of anilines is 1. The highest BCUT2D eigenvalue weighted by atomic mass is 16.4. The largest absolute Gasteiger partial charge is 0.480 e. The molecule has 1 aromatic rings. The quantitative estimate of drug-likeness (QED) is 0.774. The number of nitrogens with two attached hydrogens (primary N) is 1. The maximum absolute atomic E-state index is 12.1. The van der Waals surface area contributed by atoms with Gasteiger partial charge in [-0.15, -0.1) is 0 Å². The molecule has 0 spiro atoms. The summed E-state index contributed by atoms with van der Waals surface area (Å²) in [5.41, 5.74) is 6.73. The first-order valence-corrected chi connectivity index (χ1v) is 6.50. The van der Waals surface area contributed by atoms with Gasteiger partial charge in [0.1, 0.15) is 12.6 Å². The third-order valence-electron chi connectivity index (χ3n) is 3.43. The van der Waals surface area contributed by atoms with Crippen molar-refractivity contribution in [3.8, 4) is 0 Å². The van der Waals surface area contributed by atoms with Crippen molar-refractivity contribution in [1.82, 2.24) is 4.90 Å². The van der Waals surface area contributed by atoms with Crippen LogP contribution in [-0.2, 0) is 20.8 Å². The second-order valence-electron chi connectivity index (χ2n) is 5.01. The number of hydrogen-bond donors (Lipinski definition) is 2. The van der Waals surface area contributed by atoms with Gasteiger partial charge in [0.25, 0.3) is 0 Å². The van der Waals surface area contributed by atoms with Crippen LogP contribution in [0.15, 0.2) is 24.3 Å². The lowest BCUT2D eigenvalue weighted by Gasteiger charge is -2.33. The molecule has 3 N–H and O–H groups in total. The number of carboxylic acid groups (broad SMARTS) is 1. The van der Waals surface area contributed by atoms with E-state index >= 15 is 0 Å². The first-order valence-electron chi connectivity index (χ1n) is 6.50. The first-order chi connectivity index (χ1) is 9.90. The normalized spacial score (nSPS) is 17.0. The van der Waals surface area contributed by atoms with Gasteiger partial charge in [-0.3, -0.25) is 14.4 Å².